The largest absolute Gasteiger partial charge is 0.507 e. The lowest BCUT2D eigenvalue weighted by molar-refractivity contribution is -0.132. The molecule has 1 atom stereocenters. The Morgan fingerprint density at radius 3 is 2.23 bits per heavy atom. The normalized spacial score (nSPS) is 16.9. The monoisotopic (exact) mass is 529 g/mol. The van der Waals surface area contributed by atoms with Crippen molar-refractivity contribution in [1.82, 2.24) is 0 Å². The van der Waals surface area contributed by atoms with Gasteiger partial charge in [0.25, 0.3) is 11.7 Å². The first-order valence-corrected chi connectivity index (χ1v) is 12.9. The summed E-state index contributed by atoms with van der Waals surface area (Å²) in [4.78, 5) is 28.7. The number of benzene rings is 3. The van der Waals surface area contributed by atoms with Crippen LogP contribution in [0.1, 0.15) is 56.0 Å². The second kappa shape index (κ2) is 10.8. The maximum Gasteiger partial charge on any atom is 0.300 e. The number of methoxy groups -OCH3 is 2. The number of nitrogens with zero attached hydrogens (tertiary/aromatic N) is 1. The molecule has 39 heavy (non-hydrogen) atoms. The van der Waals surface area contributed by atoms with Crippen LogP contribution in [0, 0.1) is 6.92 Å². The molecule has 1 unspecified atom stereocenters. The molecule has 0 spiro atoms. The Bertz CT molecular complexity index is 1450. The number of hydrogen-bond acceptors (Lipinski definition) is 6. The van der Waals surface area contributed by atoms with Crippen LogP contribution in [0.5, 0.6) is 17.2 Å². The van der Waals surface area contributed by atoms with E-state index in [0.29, 0.717) is 40.7 Å². The first kappa shape index (κ1) is 27.8. The number of carbonyl (C=O) groups is 2. The Hall–Kier alpha value is -4.26. The summed E-state index contributed by atoms with van der Waals surface area (Å²) in [7, 11) is 3.05. The van der Waals surface area contributed by atoms with Crippen molar-refractivity contribution < 1.29 is 28.9 Å². The zero-order valence-corrected chi connectivity index (χ0v) is 23.5. The van der Waals surface area contributed by atoms with Crippen molar-refractivity contribution in [2.24, 2.45) is 0 Å². The number of ether oxygens (including phenoxy) is 3. The van der Waals surface area contributed by atoms with Crippen LogP contribution >= 0.6 is 0 Å². The first-order valence-electron chi connectivity index (χ1n) is 12.9. The molecule has 1 aliphatic heterocycles. The standard InChI is InChI=1S/C32H35NO6/c1-8-39-26-17-20(12-14-25(26)38-7)28-27(30(35)31(36)33(28)22-11-9-10-19(2)16-22)29(34)23-18-21(32(3,4)5)13-15-24(23)37-6/h9-18,28,34H,8H2,1-7H3/b29-27+. The zero-order valence-electron chi connectivity index (χ0n) is 23.5. The van der Waals surface area contributed by atoms with Crippen LogP contribution in [0.2, 0.25) is 0 Å². The predicted molar refractivity (Wildman–Crippen MR) is 152 cm³/mol. The topological polar surface area (TPSA) is 85.3 Å². The minimum Gasteiger partial charge on any atom is -0.507 e. The van der Waals surface area contributed by atoms with Gasteiger partial charge in [-0.3, -0.25) is 14.5 Å². The average molecular weight is 530 g/mol. The van der Waals surface area contributed by atoms with Crippen LogP contribution < -0.4 is 19.1 Å². The van der Waals surface area contributed by atoms with Gasteiger partial charge in [-0.1, -0.05) is 45.0 Å². The fourth-order valence-electron chi connectivity index (χ4n) is 4.83. The number of aryl methyl sites for hydroxylation is 1. The molecular weight excluding hydrogens is 494 g/mol. The Labute approximate surface area is 229 Å². The number of ketones is 1. The highest BCUT2D eigenvalue weighted by atomic mass is 16.5. The van der Waals surface area contributed by atoms with Crippen molar-refractivity contribution in [2.45, 2.75) is 46.1 Å². The molecule has 1 N–H and O–H groups in total. The lowest BCUT2D eigenvalue weighted by atomic mass is 9.85. The van der Waals surface area contributed by atoms with Gasteiger partial charge in [-0.25, -0.2) is 0 Å². The molecule has 1 heterocycles. The van der Waals surface area contributed by atoms with E-state index in [9.17, 15) is 14.7 Å². The van der Waals surface area contributed by atoms with Crippen molar-refractivity contribution in [1.29, 1.82) is 0 Å². The lowest BCUT2D eigenvalue weighted by Crippen LogP contribution is -2.29. The zero-order chi connectivity index (χ0) is 28.5. The molecule has 1 amide bonds. The highest BCUT2D eigenvalue weighted by Crippen LogP contribution is 2.45. The maximum atomic E-state index is 13.7. The number of hydrogen-bond donors (Lipinski definition) is 1. The van der Waals surface area contributed by atoms with E-state index in [2.05, 4.69) is 20.8 Å². The van der Waals surface area contributed by atoms with Gasteiger partial charge in [-0.15, -0.1) is 0 Å². The summed E-state index contributed by atoms with van der Waals surface area (Å²) in [6.45, 7) is 10.3. The third-order valence-corrected chi connectivity index (χ3v) is 6.85. The quantitative estimate of drug-likeness (QED) is 0.219. The van der Waals surface area contributed by atoms with E-state index in [0.717, 1.165) is 11.1 Å². The Balaban J connectivity index is 2.03. The Kier molecular flexibility index (Phi) is 7.72. The van der Waals surface area contributed by atoms with Gasteiger partial charge in [0.15, 0.2) is 11.5 Å². The highest BCUT2D eigenvalue weighted by molar-refractivity contribution is 6.51. The summed E-state index contributed by atoms with van der Waals surface area (Å²) in [5, 5.41) is 11.8. The van der Waals surface area contributed by atoms with E-state index in [1.165, 1.54) is 12.0 Å². The van der Waals surface area contributed by atoms with E-state index in [-0.39, 0.29) is 16.7 Å². The van der Waals surface area contributed by atoms with E-state index < -0.39 is 17.7 Å². The number of aliphatic hydroxyl groups is 1. The van der Waals surface area contributed by atoms with Gasteiger partial charge in [-0.05, 0) is 72.4 Å². The van der Waals surface area contributed by atoms with Gasteiger partial charge in [-0.2, -0.15) is 0 Å². The van der Waals surface area contributed by atoms with Gasteiger partial charge in [0.2, 0.25) is 0 Å². The van der Waals surface area contributed by atoms with Crippen LogP contribution in [-0.2, 0) is 15.0 Å². The molecule has 7 nitrogen and oxygen atoms in total. The van der Waals surface area contributed by atoms with Crippen molar-refractivity contribution >= 4 is 23.1 Å². The van der Waals surface area contributed by atoms with Gasteiger partial charge in [0, 0.05) is 5.69 Å². The fraction of sp³-hybridized carbons (Fsp3) is 0.312. The fourth-order valence-corrected chi connectivity index (χ4v) is 4.83. The molecule has 0 bridgehead atoms. The predicted octanol–water partition coefficient (Wildman–Crippen LogP) is 6.33. The minimum absolute atomic E-state index is 0.0292. The van der Waals surface area contributed by atoms with Crippen molar-refractivity contribution in [3.63, 3.8) is 0 Å². The molecule has 1 fully saturated rings. The molecule has 1 saturated heterocycles. The molecule has 7 heteroatoms. The van der Waals surface area contributed by atoms with E-state index in [1.807, 2.05) is 44.2 Å². The smallest absolute Gasteiger partial charge is 0.300 e. The number of carbonyl (C=O) groups excluding carboxylic acids is 2. The molecule has 3 aromatic carbocycles. The van der Waals surface area contributed by atoms with Gasteiger partial charge < -0.3 is 19.3 Å². The summed E-state index contributed by atoms with van der Waals surface area (Å²) in [5.74, 6) is -0.425. The lowest BCUT2D eigenvalue weighted by Gasteiger charge is -2.27. The van der Waals surface area contributed by atoms with Gasteiger partial charge in [0.05, 0.1) is 38.0 Å². The summed E-state index contributed by atoms with van der Waals surface area (Å²) >= 11 is 0. The Morgan fingerprint density at radius 1 is 0.923 bits per heavy atom. The van der Waals surface area contributed by atoms with E-state index in [1.54, 1.807) is 37.4 Å². The van der Waals surface area contributed by atoms with Gasteiger partial charge >= 0.3 is 0 Å². The van der Waals surface area contributed by atoms with Crippen LogP contribution in [0.15, 0.2) is 66.2 Å². The summed E-state index contributed by atoms with van der Waals surface area (Å²) < 4.78 is 16.8. The van der Waals surface area contributed by atoms with Crippen LogP contribution in [0.4, 0.5) is 5.69 Å². The molecule has 0 radical (unpaired) electrons. The SMILES string of the molecule is CCOc1cc(C2/C(=C(\O)c3cc(C(C)(C)C)ccc3OC)C(=O)C(=O)N2c2cccc(C)c2)ccc1OC. The number of aliphatic hydroxyl groups excluding tert-OH is 1. The number of anilines is 1. The molecule has 204 valence electrons. The summed E-state index contributed by atoms with van der Waals surface area (Å²) in [5.41, 5.74) is 3.10. The maximum absolute atomic E-state index is 13.7. The average Bonchev–Trinajstić information content (AvgIpc) is 3.17. The molecular formula is C32H35NO6. The van der Waals surface area contributed by atoms with Crippen molar-refractivity contribution in [2.75, 3.05) is 25.7 Å². The third-order valence-electron chi connectivity index (χ3n) is 6.85. The van der Waals surface area contributed by atoms with Crippen LogP contribution in [0.3, 0.4) is 0 Å². The second-order valence-corrected chi connectivity index (χ2v) is 10.5. The van der Waals surface area contributed by atoms with Crippen LogP contribution in [0.25, 0.3) is 5.76 Å². The molecule has 0 aliphatic carbocycles. The molecule has 0 saturated carbocycles. The number of Topliss-reactive ketones (excluding diaryl/α,β-unsaturated/α-hetero) is 1. The van der Waals surface area contributed by atoms with E-state index in [4.69, 9.17) is 14.2 Å². The molecule has 3 aromatic rings. The molecule has 4 rings (SSSR count). The first-order chi connectivity index (χ1) is 18.5. The third kappa shape index (κ3) is 5.21. The van der Waals surface area contributed by atoms with E-state index >= 15 is 0 Å². The molecule has 1 aliphatic rings. The second-order valence-electron chi connectivity index (χ2n) is 10.5. The number of amides is 1. The number of rotatable bonds is 7. The summed E-state index contributed by atoms with van der Waals surface area (Å²) in [6, 6.07) is 17.2. The molecule has 0 aromatic heterocycles. The van der Waals surface area contributed by atoms with Crippen molar-refractivity contribution in [3.8, 4) is 17.2 Å². The van der Waals surface area contributed by atoms with Gasteiger partial charge in [0.1, 0.15) is 11.5 Å². The Morgan fingerprint density at radius 2 is 1.62 bits per heavy atom. The van der Waals surface area contributed by atoms with Crippen molar-refractivity contribution in [3.05, 3.63) is 88.5 Å². The van der Waals surface area contributed by atoms with Crippen LogP contribution in [-0.4, -0.2) is 37.6 Å². The highest BCUT2D eigenvalue weighted by Gasteiger charge is 2.47. The minimum atomic E-state index is -0.917. The summed E-state index contributed by atoms with van der Waals surface area (Å²) in [6.07, 6.45) is 0.